The quantitative estimate of drug-likeness (QED) is 0.772. The lowest BCUT2D eigenvalue weighted by atomic mass is 10.2. The Labute approximate surface area is 128 Å². The molecule has 0 aliphatic heterocycles. The molecule has 0 saturated heterocycles. The molecule has 5 nitrogen and oxygen atoms in total. The zero-order chi connectivity index (χ0) is 15.0. The number of aromatic nitrogens is 1. The first-order chi connectivity index (χ1) is 10.1. The van der Waals surface area contributed by atoms with E-state index in [0.29, 0.717) is 26.6 Å². The lowest BCUT2D eigenvalue weighted by Crippen LogP contribution is -2.08. The first-order valence-electron chi connectivity index (χ1n) is 5.89. The second-order valence-corrected chi connectivity index (χ2v) is 5.70. The molecule has 3 N–H and O–H groups in total. The van der Waals surface area contributed by atoms with E-state index < -0.39 is 5.91 Å². The molecule has 0 spiro atoms. The van der Waals surface area contributed by atoms with Crippen molar-refractivity contribution in [2.24, 2.45) is 5.73 Å². The molecule has 21 heavy (non-hydrogen) atoms. The maximum Gasteiger partial charge on any atom is 0.262 e. The summed E-state index contributed by atoms with van der Waals surface area (Å²) in [5.74, 6) is 0.0102. The maximum atomic E-state index is 11.3. The number of halogens is 1. The Hall–Kier alpha value is -2.31. The number of thiophene rings is 1. The summed E-state index contributed by atoms with van der Waals surface area (Å²) in [5, 5.41) is 11.1. The van der Waals surface area contributed by atoms with Crippen LogP contribution in [0.3, 0.4) is 0 Å². The molecule has 1 aromatic carbocycles. The van der Waals surface area contributed by atoms with Crippen molar-refractivity contribution in [3.8, 4) is 17.2 Å². The Kier molecular flexibility index (Phi) is 3.40. The van der Waals surface area contributed by atoms with Gasteiger partial charge in [-0.05, 0) is 24.3 Å². The summed E-state index contributed by atoms with van der Waals surface area (Å²) >= 11 is 6.89. The molecular formula is C14H9ClN2O3S. The minimum atomic E-state index is -0.689. The monoisotopic (exact) mass is 320 g/mol. The minimum Gasteiger partial charge on any atom is -0.505 e. The van der Waals surface area contributed by atoms with Crippen LogP contribution in [0.1, 0.15) is 9.67 Å². The first kappa shape index (κ1) is 13.7. The van der Waals surface area contributed by atoms with Gasteiger partial charge in [0.1, 0.15) is 10.6 Å². The average molecular weight is 321 g/mol. The summed E-state index contributed by atoms with van der Waals surface area (Å²) in [5.41, 5.74) is 5.23. The topological polar surface area (TPSA) is 85.4 Å². The van der Waals surface area contributed by atoms with E-state index in [-0.39, 0.29) is 10.6 Å². The molecular weight excluding hydrogens is 312 g/mol. The van der Waals surface area contributed by atoms with Gasteiger partial charge in [0, 0.05) is 11.2 Å². The lowest BCUT2D eigenvalue weighted by Gasteiger charge is -2.06. The van der Waals surface area contributed by atoms with Crippen molar-refractivity contribution in [3.63, 3.8) is 0 Å². The van der Waals surface area contributed by atoms with Crippen LogP contribution in [0, 0.1) is 0 Å². The van der Waals surface area contributed by atoms with E-state index in [9.17, 15) is 9.90 Å². The van der Waals surface area contributed by atoms with Crippen LogP contribution in [-0.4, -0.2) is 16.0 Å². The van der Waals surface area contributed by atoms with Crippen LogP contribution in [0.5, 0.6) is 17.2 Å². The molecule has 0 aliphatic carbocycles. The molecule has 106 valence electrons. The molecule has 0 bridgehead atoms. The average Bonchev–Trinajstić information content (AvgIpc) is 2.80. The smallest absolute Gasteiger partial charge is 0.262 e. The Bertz CT molecular complexity index is 830. The summed E-state index contributed by atoms with van der Waals surface area (Å²) in [6.07, 6.45) is 3.01. The lowest BCUT2D eigenvalue weighted by molar-refractivity contribution is 0.100. The number of hydrogen-bond acceptors (Lipinski definition) is 5. The van der Waals surface area contributed by atoms with Gasteiger partial charge >= 0.3 is 0 Å². The Morgan fingerprint density at radius 1 is 1.29 bits per heavy atom. The number of aromatic hydroxyl groups is 1. The summed E-state index contributed by atoms with van der Waals surface area (Å²) in [6, 6.07) is 6.76. The van der Waals surface area contributed by atoms with E-state index in [1.807, 2.05) is 0 Å². The van der Waals surface area contributed by atoms with Crippen molar-refractivity contribution < 1.29 is 14.6 Å². The number of ether oxygens (including phenoxy) is 1. The fraction of sp³-hybridized carbons (Fsp3) is 0. The number of benzene rings is 1. The third-order valence-electron chi connectivity index (χ3n) is 2.81. The van der Waals surface area contributed by atoms with Gasteiger partial charge in [-0.25, -0.2) is 0 Å². The molecule has 3 rings (SSSR count). The maximum absolute atomic E-state index is 11.3. The predicted molar refractivity (Wildman–Crippen MR) is 81.3 cm³/mol. The van der Waals surface area contributed by atoms with Crippen LogP contribution in [0.25, 0.3) is 10.1 Å². The molecule has 0 fully saturated rings. The van der Waals surface area contributed by atoms with Gasteiger partial charge in [-0.1, -0.05) is 11.6 Å². The van der Waals surface area contributed by atoms with Gasteiger partial charge in [0.25, 0.3) is 5.91 Å². The van der Waals surface area contributed by atoms with Crippen molar-refractivity contribution in [2.75, 3.05) is 0 Å². The van der Waals surface area contributed by atoms with Gasteiger partial charge < -0.3 is 15.6 Å². The predicted octanol–water partition coefficient (Wildman–Crippen LogP) is 3.55. The normalized spacial score (nSPS) is 10.7. The number of nitrogens with zero attached hydrogens (tertiary/aromatic N) is 1. The van der Waals surface area contributed by atoms with E-state index in [1.54, 1.807) is 30.5 Å². The van der Waals surface area contributed by atoms with Crippen molar-refractivity contribution >= 4 is 38.9 Å². The Balaban J connectivity index is 2.10. The zero-order valence-corrected chi connectivity index (χ0v) is 12.1. The second-order valence-electron chi connectivity index (χ2n) is 4.21. The number of nitrogens with two attached hydrogens (primary N) is 1. The summed E-state index contributed by atoms with van der Waals surface area (Å²) in [4.78, 5) is 15.4. The number of carbonyl (C=O) groups excluding carboxylic acids is 1. The minimum absolute atomic E-state index is 0.0824. The number of hydrogen-bond donors (Lipinski definition) is 2. The number of amides is 1. The highest BCUT2D eigenvalue weighted by Crippen LogP contribution is 2.42. The third kappa shape index (κ3) is 2.51. The highest BCUT2D eigenvalue weighted by atomic mass is 35.5. The van der Waals surface area contributed by atoms with Gasteiger partial charge in [0.05, 0.1) is 16.3 Å². The highest BCUT2D eigenvalue weighted by Gasteiger charge is 2.19. The van der Waals surface area contributed by atoms with E-state index in [4.69, 9.17) is 22.1 Å². The molecule has 1 amide bonds. The largest absolute Gasteiger partial charge is 0.505 e. The Morgan fingerprint density at radius 2 is 2.00 bits per heavy atom. The van der Waals surface area contributed by atoms with Crippen molar-refractivity contribution in [1.82, 2.24) is 4.98 Å². The summed E-state index contributed by atoms with van der Waals surface area (Å²) in [7, 11) is 0. The number of rotatable bonds is 3. The molecule has 3 aromatic rings. The van der Waals surface area contributed by atoms with Gasteiger partial charge in [-0.3, -0.25) is 9.78 Å². The Morgan fingerprint density at radius 3 is 2.67 bits per heavy atom. The van der Waals surface area contributed by atoms with Crippen molar-refractivity contribution in [2.45, 2.75) is 0 Å². The molecule has 0 saturated carbocycles. The number of pyridine rings is 1. The molecule has 0 radical (unpaired) electrons. The zero-order valence-electron chi connectivity index (χ0n) is 10.5. The van der Waals surface area contributed by atoms with Gasteiger partial charge in [0.2, 0.25) is 0 Å². The van der Waals surface area contributed by atoms with Crippen LogP contribution in [0.2, 0.25) is 5.02 Å². The van der Waals surface area contributed by atoms with Crippen LogP contribution in [-0.2, 0) is 0 Å². The fourth-order valence-corrected chi connectivity index (χ4v) is 2.94. The molecule has 2 heterocycles. The number of carbonyl (C=O) groups is 1. The van der Waals surface area contributed by atoms with E-state index >= 15 is 0 Å². The first-order valence-corrected chi connectivity index (χ1v) is 7.08. The third-order valence-corrected chi connectivity index (χ3v) is 4.19. The highest BCUT2D eigenvalue weighted by molar-refractivity contribution is 7.21. The SMILES string of the molecule is NC(=O)c1sc2cncc(Oc3ccc(Cl)cc3)c2c1O. The molecule has 0 aliphatic rings. The van der Waals surface area contributed by atoms with E-state index in [2.05, 4.69) is 4.98 Å². The van der Waals surface area contributed by atoms with Crippen LogP contribution in [0.4, 0.5) is 0 Å². The standard InChI is InChI=1S/C14H9ClN2O3S/c15-7-1-3-8(4-2-7)20-9-5-17-6-10-11(9)12(18)13(21-10)14(16)19/h1-6,18H,(H2,16,19). The fourth-order valence-electron chi connectivity index (χ4n) is 1.88. The molecule has 2 aromatic heterocycles. The number of primary amides is 1. The summed E-state index contributed by atoms with van der Waals surface area (Å²) in [6.45, 7) is 0. The molecule has 7 heteroatoms. The summed E-state index contributed by atoms with van der Waals surface area (Å²) < 4.78 is 6.31. The second kappa shape index (κ2) is 5.23. The van der Waals surface area contributed by atoms with Gasteiger partial charge in [-0.2, -0.15) is 0 Å². The molecule has 0 atom stereocenters. The van der Waals surface area contributed by atoms with Crippen LogP contribution < -0.4 is 10.5 Å². The van der Waals surface area contributed by atoms with E-state index in [1.165, 1.54) is 6.20 Å². The van der Waals surface area contributed by atoms with Crippen LogP contribution in [0.15, 0.2) is 36.7 Å². The van der Waals surface area contributed by atoms with Gasteiger partial charge in [-0.15, -0.1) is 11.3 Å². The molecule has 0 unspecified atom stereocenters. The van der Waals surface area contributed by atoms with Gasteiger partial charge in [0.15, 0.2) is 11.5 Å². The van der Waals surface area contributed by atoms with Crippen molar-refractivity contribution in [3.05, 3.63) is 46.6 Å². The van der Waals surface area contributed by atoms with Crippen LogP contribution >= 0.6 is 22.9 Å². The number of fused-ring (bicyclic) bond motifs is 1. The van der Waals surface area contributed by atoms with E-state index in [0.717, 1.165) is 11.3 Å². The van der Waals surface area contributed by atoms with Crippen molar-refractivity contribution in [1.29, 1.82) is 0 Å².